The summed E-state index contributed by atoms with van der Waals surface area (Å²) >= 11 is 3.32. The van der Waals surface area contributed by atoms with Crippen LogP contribution in [0.3, 0.4) is 0 Å². The van der Waals surface area contributed by atoms with Crippen molar-refractivity contribution in [2.45, 2.75) is 6.42 Å². The van der Waals surface area contributed by atoms with Crippen molar-refractivity contribution in [3.63, 3.8) is 0 Å². The summed E-state index contributed by atoms with van der Waals surface area (Å²) < 4.78 is 0.761. The zero-order chi connectivity index (χ0) is 12.3. The summed E-state index contributed by atoms with van der Waals surface area (Å²) in [5.41, 5.74) is 8.02. The first-order valence-corrected chi connectivity index (χ1v) is 6.08. The number of benzene rings is 2. The fraction of sp³-hybridized carbons (Fsp3) is 0.0714. The van der Waals surface area contributed by atoms with Crippen LogP contribution in [0.15, 0.2) is 53.0 Å². The molecule has 0 saturated heterocycles. The monoisotopic (exact) mass is 289 g/mol. The lowest BCUT2D eigenvalue weighted by Gasteiger charge is -2.04. The second-order valence-electron chi connectivity index (χ2n) is 3.82. The van der Waals surface area contributed by atoms with Crippen LogP contribution in [0.1, 0.15) is 15.9 Å². The molecule has 0 aliphatic heterocycles. The highest BCUT2D eigenvalue weighted by atomic mass is 79.9. The van der Waals surface area contributed by atoms with Crippen molar-refractivity contribution in [3.05, 3.63) is 64.1 Å². The van der Waals surface area contributed by atoms with Gasteiger partial charge in [-0.15, -0.1) is 0 Å². The topological polar surface area (TPSA) is 43.1 Å². The Morgan fingerprint density at radius 1 is 1.12 bits per heavy atom. The molecule has 0 aliphatic rings. The molecule has 0 aromatic heterocycles. The van der Waals surface area contributed by atoms with E-state index in [2.05, 4.69) is 15.9 Å². The maximum Gasteiger partial charge on any atom is 0.167 e. The maximum atomic E-state index is 12.0. The first kappa shape index (κ1) is 11.9. The van der Waals surface area contributed by atoms with Gasteiger partial charge >= 0.3 is 0 Å². The fourth-order valence-electron chi connectivity index (χ4n) is 1.58. The van der Waals surface area contributed by atoms with Crippen molar-refractivity contribution < 1.29 is 4.79 Å². The summed E-state index contributed by atoms with van der Waals surface area (Å²) in [6.45, 7) is 0. The molecule has 0 atom stereocenters. The molecule has 0 aliphatic carbocycles. The largest absolute Gasteiger partial charge is 0.398 e. The highest BCUT2D eigenvalue weighted by molar-refractivity contribution is 9.10. The minimum Gasteiger partial charge on any atom is -0.398 e. The summed E-state index contributed by atoms with van der Waals surface area (Å²) in [6.07, 6.45) is 0.414. The molecule has 2 aromatic carbocycles. The molecule has 2 aromatic rings. The number of hydrogen-bond donors (Lipinski definition) is 1. The Bertz CT molecular complexity index is 537. The van der Waals surface area contributed by atoms with E-state index >= 15 is 0 Å². The molecule has 2 N–H and O–H groups in total. The van der Waals surface area contributed by atoms with E-state index in [4.69, 9.17) is 5.73 Å². The van der Waals surface area contributed by atoms with Crippen LogP contribution >= 0.6 is 15.9 Å². The van der Waals surface area contributed by atoms with E-state index in [1.54, 1.807) is 18.2 Å². The van der Waals surface area contributed by atoms with Crippen LogP contribution in [-0.4, -0.2) is 5.78 Å². The Morgan fingerprint density at radius 3 is 2.47 bits per heavy atom. The van der Waals surface area contributed by atoms with E-state index in [-0.39, 0.29) is 5.78 Å². The lowest BCUT2D eigenvalue weighted by atomic mass is 10.0. The number of ketones is 1. The van der Waals surface area contributed by atoms with E-state index in [1.165, 1.54) is 0 Å². The predicted octanol–water partition coefficient (Wildman–Crippen LogP) is 3.46. The number of nitrogen functional groups attached to an aromatic ring is 1. The van der Waals surface area contributed by atoms with Gasteiger partial charge in [0.2, 0.25) is 0 Å². The Balaban J connectivity index is 2.18. The third-order valence-corrected chi connectivity index (χ3v) is 3.22. The van der Waals surface area contributed by atoms with Gasteiger partial charge in [0.1, 0.15) is 0 Å². The minimum atomic E-state index is 0.0944. The average Bonchev–Trinajstić information content (AvgIpc) is 2.34. The SMILES string of the molecule is Nc1ccc(C(=O)Cc2ccccc2)cc1Br. The zero-order valence-corrected chi connectivity index (χ0v) is 10.8. The third kappa shape index (κ3) is 2.94. The van der Waals surface area contributed by atoms with E-state index in [0.717, 1.165) is 10.0 Å². The number of rotatable bonds is 3. The minimum absolute atomic E-state index is 0.0944. The predicted molar refractivity (Wildman–Crippen MR) is 73.0 cm³/mol. The summed E-state index contributed by atoms with van der Waals surface area (Å²) in [7, 11) is 0. The van der Waals surface area contributed by atoms with Gasteiger partial charge in [0.25, 0.3) is 0 Å². The van der Waals surface area contributed by atoms with E-state index in [1.807, 2.05) is 30.3 Å². The summed E-state index contributed by atoms with van der Waals surface area (Å²) in [6, 6.07) is 15.0. The lowest BCUT2D eigenvalue weighted by Crippen LogP contribution is -2.03. The Morgan fingerprint density at radius 2 is 1.82 bits per heavy atom. The molecule has 2 rings (SSSR count). The van der Waals surface area contributed by atoms with Crippen molar-refractivity contribution in [2.75, 3.05) is 5.73 Å². The maximum absolute atomic E-state index is 12.0. The number of nitrogens with two attached hydrogens (primary N) is 1. The Labute approximate surface area is 109 Å². The van der Waals surface area contributed by atoms with Crippen LogP contribution in [0, 0.1) is 0 Å². The number of carbonyl (C=O) groups excluding carboxylic acids is 1. The van der Waals surface area contributed by atoms with Crippen molar-refractivity contribution in [3.8, 4) is 0 Å². The van der Waals surface area contributed by atoms with Gasteiger partial charge < -0.3 is 5.73 Å². The summed E-state index contributed by atoms with van der Waals surface area (Å²) in [5, 5.41) is 0. The second kappa shape index (κ2) is 5.15. The van der Waals surface area contributed by atoms with Crippen molar-refractivity contribution in [1.82, 2.24) is 0 Å². The van der Waals surface area contributed by atoms with E-state index in [0.29, 0.717) is 17.7 Å². The molecule has 0 amide bonds. The van der Waals surface area contributed by atoms with Crippen LogP contribution in [0.2, 0.25) is 0 Å². The quantitative estimate of drug-likeness (QED) is 0.695. The van der Waals surface area contributed by atoms with Crippen LogP contribution in [0.4, 0.5) is 5.69 Å². The van der Waals surface area contributed by atoms with Gasteiger partial charge in [0, 0.05) is 22.1 Å². The summed E-state index contributed by atoms with van der Waals surface area (Å²) in [4.78, 5) is 12.0. The van der Waals surface area contributed by atoms with Gasteiger partial charge in [0.15, 0.2) is 5.78 Å². The molecule has 0 radical (unpaired) electrons. The number of hydrogen-bond acceptors (Lipinski definition) is 2. The summed E-state index contributed by atoms with van der Waals surface area (Å²) in [5.74, 6) is 0.0944. The molecule has 0 spiro atoms. The van der Waals surface area contributed by atoms with Gasteiger partial charge in [-0.1, -0.05) is 30.3 Å². The molecule has 17 heavy (non-hydrogen) atoms. The van der Waals surface area contributed by atoms with Crippen molar-refractivity contribution >= 4 is 27.4 Å². The van der Waals surface area contributed by atoms with Gasteiger partial charge in [-0.2, -0.15) is 0 Å². The standard InChI is InChI=1S/C14H12BrNO/c15-12-9-11(6-7-13(12)16)14(17)8-10-4-2-1-3-5-10/h1-7,9H,8,16H2. The van der Waals surface area contributed by atoms with Crippen LogP contribution in [-0.2, 0) is 6.42 Å². The average molecular weight is 290 g/mol. The zero-order valence-electron chi connectivity index (χ0n) is 9.19. The highest BCUT2D eigenvalue weighted by Crippen LogP contribution is 2.21. The van der Waals surface area contributed by atoms with Gasteiger partial charge in [-0.3, -0.25) is 4.79 Å². The van der Waals surface area contributed by atoms with Crippen LogP contribution < -0.4 is 5.73 Å². The van der Waals surface area contributed by atoms with Crippen molar-refractivity contribution in [2.24, 2.45) is 0 Å². The molecule has 0 unspecified atom stereocenters. The fourth-order valence-corrected chi connectivity index (χ4v) is 1.96. The molecule has 2 nitrogen and oxygen atoms in total. The molecule has 0 bridgehead atoms. The van der Waals surface area contributed by atoms with Gasteiger partial charge in [-0.25, -0.2) is 0 Å². The first-order valence-electron chi connectivity index (χ1n) is 5.29. The number of halogens is 1. The molecular weight excluding hydrogens is 278 g/mol. The second-order valence-corrected chi connectivity index (χ2v) is 4.68. The van der Waals surface area contributed by atoms with Crippen molar-refractivity contribution in [1.29, 1.82) is 0 Å². The van der Waals surface area contributed by atoms with Gasteiger partial charge in [0.05, 0.1) is 0 Å². The smallest absolute Gasteiger partial charge is 0.167 e. The number of carbonyl (C=O) groups is 1. The Hall–Kier alpha value is -1.61. The normalized spacial score (nSPS) is 10.2. The van der Waals surface area contributed by atoms with Crippen LogP contribution in [0.5, 0.6) is 0 Å². The first-order chi connectivity index (χ1) is 8.16. The van der Waals surface area contributed by atoms with E-state index < -0.39 is 0 Å². The molecule has 0 saturated carbocycles. The number of anilines is 1. The molecule has 3 heteroatoms. The molecular formula is C14H12BrNO. The highest BCUT2D eigenvalue weighted by Gasteiger charge is 2.08. The Kier molecular flexibility index (Phi) is 3.59. The molecule has 0 heterocycles. The lowest BCUT2D eigenvalue weighted by molar-refractivity contribution is 0.0993. The molecule has 86 valence electrons. The third-order valence-electron chi connectivity index (χ3n) is 2.53. The van der Waals surface area contributed by atoms with Crippen LogP contribution in [0.25, 0.3) is 0 Å². The molecule has 0 fully saturated rings. The number of Topliss-reactive ketones (excluding diaryl/α,β-unsaturated/α-hetero) is 1. The van der Waals surface area contributed by atoms with E-state index in [9.17, 15) is 4.79 Å². The van der Waals surface area contributed by atoms with Gasteiger partial charge in [-0.05, 0) is 39.7 Å².